The summed E-state index contributed by atoms with van der Waals surface area (Å²) in [5, 5.41) is 9.25. The molecule has 0 aliphatic rings. The molecule has 0 aromatic carbocycles. The molecular formula is C11H25NO2. The van der Waals surface area contributed by atoms with Crippen LogP contribution in [0.3, 0.4) is 0 Å². The highest BCUT2D eigenvalue weighted by atomic mass is 16.5. The van der Waals surface area contributed by atoms with Gasteiger partial charge in [0.1, 0.15) is 0 Å². The normalized spacial score (nSPS) is 15.9. The predicted octanol–water partition coefficient (Wildman–Crippen LogP) is 1.36. The van der Waals surface area contributed by atoms with E-state index in [9.17, 15) is 5.11 Å². The first-order chi connectivity index (χ1) is 6.58. The molecule has 1 unspecified atom stereocenters. The summed E-state index contributed by atoms with van der Waals surface area (Å²) in [5.74, 6) is 0. The highest BCUT2D eigenvalue weighted by Gasteiger charge is 2.22. The molecule has 3 heteroatoms. The van der Waals surface area contributed by atoms with Gasteiger partial charge in [0.15, 0.2) is 0 Å². The Morgan fingerprint density at radius 1 is 1.43 bits per heavy atom. The van der Waals surface area contributed by atoms with Gasteiger partial charge in [0, 0.05) is 38.8 Å². The smallest absolute Gasteiger partial charge is 0.0496 e. The lowest BCUT2D eigenvalue weighted by molar-refractivity contribution is 0.0904. The average Bonchev–Trinajstić information content (AvgIpc) is 2.18. The largest absolute Gasteiger partial charge is 0.396 e. The summed E-state index contributed by atoms with van der Waals surface area (Å²) >= 11 is 0. The standard InChI is InChI=1S/C11H25NO2/c1-5-11(2,10-13)9-12(3)7-6-8-14-4/h13H,5-10H2,1-4H3. The fourth-order valence-electron chi connectivity index (χ4n) is 1.48. The Labute approximate surface area is 88.1 Å². The summed E-state index contributed by atoms with van der Waals surface area (Å²) in [7, 11) is 3.82. The maximum atomic E-state index is 9.25. The van der Waals surface area contributed by atoms with Crippen molar-refractivity contribution < 1.29 is 9.84 Å². The fourth-order valence-corrected chi connectivity index (χ4v) is 1.48. The number of ether oxygens (including phenoxy) is 1. The highest BCUT2D eigenvalue weighted by molar-refractivity contribution is 4.74. The molecule has 0 aromatic rings. The molecule has 0 rings (SSSR count). The Morgan fingerprint density at radius 2 is 2.07 bits per heavy atom. The number of rotatable bonds is 8. The summed E-state index contributed by atoms with van der Waals surface area (Å²) in [6.45, 7) is 7.30. The highest BCUT2D eigenvalue weighted by Crippen LogP contribution is 2.20. The third-order valence-corrected chi connectivity index (χ3v) is 2.78. The molecule has 0 saturated heterocycles. The van der Waals surface area contributed by atoms with E-state index in [2.05, 4.69) is 25.8 Å². The summed E-state index contributed by atoms with van der Waals surface area (Å²) in [5.41, 5.74) is 0.0435. The van der Waals surface area contributed by atoms with Crippen LogP contribution in [0.2, 0.25) is 0 Å². The molecule has 0 radical (unpaired) electrons. The average molecular weight is 203 g/mol. The van der Waals surface area contributed by atoms with E-state index in [-0.39, 0.29) is 12.0 Å². The molecule has 0 amide bonds. The monoisotopic (exact) mass is 203 g/mol. The van der Waals surface area contributed by atoms with E-state index in [1.807, 2.05) is 0 Å². The molecule has 1 atom stereocenters. The Balaban J connectivity index is 3.73. The second kappa shape index (κ2) is 7.21. The fraction of sp³-hybridized carbons (Fsp3) is 1.00. The lowest BCUT2D eigenvalue weighted by Gasteiger charge is -2.31. The number of aliphatic hydroxyl groups is 1. The zero-order chi connectivity index (χ0) is 11.0. The van der Waals surface area contributed by atoms with Crippen LogP contribution < -0.4 is 0 Å². The van der Waals surface area contributed by atoms with Crippen molar-refractivity contribution in [2.24, 2.45) is 5.41 Å². The van der Waals surface area contributed by atoms with Crippen LogP contribution in [0.5, 0.6) is 0 Å². The molecule has 0 bridgehead atoms. The zero-order valence-electron chi connectivity index (χ0n) is 10.0. The van der Waals surface area contributed by atoms with E-state index >= 15 is 0 Å². The Morgan fingerprint density at radius 3 is 2.50 bits per heavy atom. The van der Waals surface area contributed by atoms with Crippen molar-refractivity contribution in [3.8, 4) is 0 Å². The zero-order valence-corrected chi connectivity index (χ0v) is 10.0. The van der Waals surface area contributed by atoms with Gasteiger partial charge in [-0.15, -0.1) is 0 Å². The van der Waals surface area contributed by atoms with E-state index in [0.29, 0.717) is 0 Å². The van der Waals surface area contributed by atoms with Crippen LogP contribution in [-0.2, 0) is 4.74 Å². The Hall–Kier alpha value is -0.120. The van der Waals surface area contributed by atoms with Gasteiger partial charge in [0.2, 0.25) is 0 Å². The van der Waals surface area contributed by atoms with Gasteiger partial charge in [-0.1, -0.05) is 13.8 Å². The molecule has 86 valence electrons. The topological polar surface area (TPSA) is 32.7 Å². The van der Waals surface area contributed by atoms with Crippen LogP contribution in [0.4, 0.5) is 0 Å². The van der Waals surface area contributed by atoms with Gasteiger partial charge >= 0.3 is 0 Å². The summed E-state index contributed by atoms with van der Waals surface area (Å²) in [4.78, 5) is 2.26. The van der Waals surface area contributed by atoms with Crippen LogP contribution in [0.25, 0.3) is 0 Å². The van der Waals surface area contributed by atoms with Crippen LogP contribution in [0.1, 0.15) is 26.7 Å². The molecule has 0 saturated carbocycles. The molecule has 0 aromatic heterocycles. The lowest BCUT2D eigenvalue weighted by Crippen LogP contribution is -2.36. The van der Waals surface area contributed by atoms with Crippen LogP contribution in [-0.4, -0.2) is 50.5 Å². The maximum absolute atomic E-state index is 9.25. The SMILES string of the molecule is CCC(C)(CO)CN(C)CCCOC. The van der Waals surface area contributed by atoms with Crippen molar-refractivity contribution in [3.63, 3.8) is 0 Å². The van der Waals surface area contributed by atoms with Crippen LogP contribution in [0, 0.1) is 5.41 Å². The van der Waals surface area contributed by atoms with Gasteiger partial charge in [-0.2, -0.15) is 0 Å². The van der Waals surface area contributed by atoms with E-state index in [4.69, 9.17) is 4.74 Å². The van der Waals surface area contributed by atoms with Crippen LogP contribution >= 0.6 is 0 Å². The molecule has 0 spiro atoms. The van der Waals surface area contributed by atoms with Gasteiger partial charge < -0.3 is 14.7 Å². The number of hydrogen-bond donors (Lipinski definition) is 1. The lowest BCUT2D eigenvalue weighted by atomic mass is 9.88. The van der Waals surface area contributed by atoms with Crippen LogP contribution in [0.15, 0.2) is 0 Å². The van der Waals surface area contributed by atoms with Crippen molar-refractivity contribution >= 4 is 0 Å². The van der Waals surface area contributed by atoms with E-state index < -0.39 is 0 Å². The maximum Gasteiger partial charge on any atom is 0.0496 e. The van der Waals surface area contributed by atoms with E-state index in [1.54, 1.807) is 7.11 Å². The third-order valence-electron chi connectivity index (χ3n) is 2.78. The van der Waals surface area contributed by atoms with Gasteiger partial charge in [0.25, 0.3) is 0 Å². The summed E-state index contributed by atoms with van der Waals surface area (Å²) in [6, 6.07) is 0. The van der Waals surface area contributed by atoms with E-state index in [0.717, 1.165) is 32.5 Å². The Kier molecular flexibility index (Phi) is 7.15. The van der Waals surface area contributed by atoms with Crippen molar-refractivity contribution in [3.05, 3.63) is 0 Å². The van der Waals surface area contributed by atoms with Gasteiger partial charge in [-0.25, -0.2) is 0 Å². The molecule has 0 aliphatic carbocycles. The second-order valence-electron chi connectivity index (χ2n) is 4.41. The van der Waals surface area contributed by atoms with Gasteiger partial charge in [-0.05, 0) is 19.9 Å². The minimum absolute atomic E-state index is 0.0435. The number of aliphatic hydroxyl groups excluding tert-OH is 1. The van der Waals surface area contributed by atoms with Gasteiger partial charge in [0.05, 0.1) is 0 Å². The first-order valence-electron chi connectivity index (χ1n) is 5.36. The third kappa shape index (κ3) is 5.58. The van der Waals surface area contributed by atoms with Crippen molar-refractivity contribution in [1.82, 2.24) is 4.90 Å². The minimum atomic E-state index is 0.0435. The minimum Gasteiger partial charge on any atom is -0.396 e. The number of hydrogen-bond acceptors (Lipinski definition) is 3. The summed E-state index contributed by atoms with van der Waals surface area (Å²) in [6.07, 6.45) is 2.07. The van der Waals surface area contributed by atoms with E-state index in [1.165, 1.54) is 0 Å². The molecule has 14 heavy (non-hydrogen) atoms. The van der Waals surface area contributed by atoms with Gasteiger partial charge in [-0.3, -0.25) is 0 Å². The molecule has 0 fully saturated rings. The first-order valence-corrected chi connectivity index (χ1v) is 5.36. The molecule has 0 aliphatic heterocycles. The molecule has 1 N–H and O–H groups in total. The molecular weight excluding hydrogens is 178 g/mol. The first kappa shape index (κ1) is 13.9. The Bertz CT molecular complexity index is 135. The van der Waals surface area contributed by atoms with Crippen molar-refractivity contribution in [2.45, 2.75) is 26.7 Å². The molecule has 3 nitrogen and oxygen atoms in total. The van der Waals surface area contributed by atoms with Crippen molar-refractivity contribution in [1.29, 1.82) is 0 Å². The predicted molar refractivity (Wildman–Crippen MR) is 59.5 cm³/mol. The second-order valence-corrected chi connectivity index (χ2v) is 4.41. The quantitative estimate of drug-likeness (QED) is 0.605. The van der Waals surface area contributed by atoms with Crippen molar-refractivity contribution in [2.75, 3.05) is 40.5 Å². The molecule has 0 heterocycles. The summed E-state index contributed by atoms with van der Waals surface area (Å²) < 4.78 is 5.00. The number of methoxy groups -OCH3 is 1. The number of nitrogens with zero attached hydrogens (tertiary/aromatic N) is 1.